The molecule has 0 fully saturated rings. The van der Waals surface area contributed by atoms with Crippen LogP contribution in [0.2, 0.25) is 0 Å². The summed E-state index contributed by atoms with van der Waals surface area (Å²) in [5, 5.41) is 35.1. The molecule has 9 heteroatoms. The van der Waals surface area contributed by atoms with Crippen LogP contribution in [0.5, 0.6) is 0 Å². The molecule has 2 aromatic carbocycles. The Bertz CT molecular complexity index is 887. The Balaban J connectivity index is 0.000000749. The van der Waals surface area contributed by atoms with Crippen molar-refractivity contribution in [1.82, 2.24) is 0 Å². The fourth-order valence-corrected chi connectivity index (χ4v) is 2.14. The average Bonchev–Trinajstić information content (AvgIpc) is 2.74. The number of nitro groups is 1. The first-order valence-corrected chi connectivity index (χ1v) is 8.64. The summed E-state index contributed by atoms with van der Waals surface area (Å²) >= 11 is 0. The normalized spacial score (nSPS) is 9.79. The molecule has 150 valence electrons. The van der Waals surface area contributed by atoms with Crippen LogP contribution in [-0.2, 0) is 4.79 Å². The van der Waals surface area contributed by atoms with E-state index in [2.05, 4.69) is 27.8 Å². The third-order valence-corrected chi connectivity index (χ3v) is 3.61. The van der Waals surface area contributed by atoms with Crippen molar-refractivity contribution in [3.63, 3.8) is 0 Å². The lowest BCUT2D eigenvalue weighted by Gasteiger charge is -2.21. The third kappa shape index (κ3) is 8.45. The van der Waals surface area contributed by atoms with Gasteiger partial charge in [0.15, 0.2) is 0 Å². The monoisotopic (exact) mass is 395 g/mol. The Labute approximate surface area is 168 Å². The molecule has 1 N–H and O–H groups in total. The lowest BCUT2D eigenvalue weighted by atomic mass is 10.2. The smallest absolute Gasteiger partial charge is 0.327 e. The zero-order valence-electron chi connectivity index (χ0n) is 15.9. The minimum absolute atomic E-state index is 0.0235. The molecule has 2 rings (SSSR count). The second-order valence-electron chi connectivity index (χ2n) is 5.52. The number of benzene rings is 2. The van der Waals surface area contributed by atoms with Crippen molar-refractivity contribution in [3.05, 3.63) is 71.3 Å². The summed E-state index contributed by atoms with van der Waals surface area (Å²) in [7, 11) is 0. The molecule has 2 aromatic rings. The van der Waals surface area contributed by atoms with Gasteiger partial charge in [0.25, 0.3) is 5.69 Å². The van der Waals surface area contributed by atoms with Crippen LogP contribution in [0.15, 0.2) is 71.4 Å². The summed E-state index contributed by atoms with van der Waals surface area (Å²) in [6.07, 6.45) is 1.31. The van der Waals surface area contributed by atoms with Crippen molar-refractivity contribution in [2.75, 3.05) is 18.0 Å². The average molecular weight is 395 g/mol. The van der Waals surface area contributed by atoms with Crippen molar-refractivity contribution in [2.24, 2.45) is 10.2 Å². The molecule has 0 aliphatic carbocycles. The first-order valence-electron chi connectivity index (χ1n) is 8.64. The van der Waals surface area contributed by atoms with E-state index >= 15 is 0 Å². The molecule has 0 spiro atoms. The first-order chi connectivity index (χ1) is 13.9. The van der Waals surface area contributed by atoms with Gasteiger partial charge in [0.1, 0.15) is 0 Å². The minimum atomic E-state index is -0.981. The number of rotatable bonds is 8. The van der Waals surface area contributed by atoms with Crippen LogP contribution in [0.25, 0.3) is 0 Å². The molecule has 0 saturated carbocycles. The van der Waals surface area contributed by atoms with Crippen molar-refractivity contribution < 1.29 is 14.8 Å². The number of non-ortho nitro benzene ring substituents is 1. The molecule has 29 heavy (non-hydrogen) atoms. The van der Waals surface area contributed by atoms with Gasteiger partial charge in [-0.15, -0.1) is 0 Å². The topological polar surface area (TPSA) is 132 Å². The highest BCUT2D eigenvalue weighted by Gasteiger charge is 2.04. The van der Waals surface area contributed by atoms with E-state index in [-0.39, 0.29) is 5.69 Å². The van der Waals surface area contributed by atoms with Crippen molar-refractivity contribution in [2.45, 2.75) is 13.3 Å². The summed E-state index contributed by atoms with van der Waals surface area (Å²) in [6.45, 7) is 6.52. The Morgan fingerprint density at radius 1 is 1.21 bits per heavy atom. The molecule has 0 saturated heterocycles. The maximum absolute atomic E-state index is 10.6. The number of aliphatic carboxylic acids is 1. The van der Waals surface area contributed by atoms with E-state index in [4.69, 9.17) is 10.4 Å². The summed E-state index contributed by atoms with van der Waals surface area (Å²) < 4.78 is 0. The van der Waals surface area contributed by atoms with Crippen molar-refractivity contribution >= 4 is 28.7 Å². The number of nitrogens with zero attached hydrogens (tertiary/aromatic N) is 5. The second kappa shape index (κ2) is 12.3. The number of hydrogen-bond acceptors (Lipinski definition) is 7. The number of carboxylic acid groups (broad SMARTS) is 1. The van der Waals surface area contributed by atoms with Crippen LogP contribution in [0.1, 0.15) is 13.3 Å². The maximum Gasteiger partial charge on any atom is 0.327 e. The molecule has 0 radical (unpaired) electrons. The van der Waals surface area contributed by atoms with E-state index in [1.165, 1.54) is 12.1 Å². The number of nitro benzene ring substituents is 1. The number of azo groups is 1. The van der Waals surface area contributed by atoms with Gasteiger partial charge >= 0.3 is 5.97 Å². The number of nitriles is 1. The Morgan fingerprint density at radius 2 is 1.69 bits per heavy atom. The number of hydrogen-bond donors (Lipinski definition) is 1. The molecular weight excluding hydrogens is 374 g/mol. The van der Waals surface area contributed by atoms with E-state index in [0.717, 1.165) is 18.3 Å². The summed E-state index contributed by atoms with van der Waals surface area (Å²) in [6, 6.07) is 15.6. The predicted molar refractivity (Wildman–Crippen MR) is 110 cm³/mol. The minimum Gasteiger partial charge on any atom is -0.478 e. The molecule has 0 bridgehead atoms. The third-order valence-electron chi connectivity index (χ3n) is 3.61. The largest absolute Gasteiger partial charge is 0.478 e. The first kappa shape index (κ1) is 23.0. The zero-order chi connectivity index (χ0) is 21.6. The second-order valence-corrected chi connectivity index (χ2v) is 5.52. The van der Waals surface area contributed by atoms with E-state index < -0.39 is 10.9 Å². The molecular formula is C20H21N5O4. The van der Waals surface area contributed by atoms with Gasteiger partial charge in [0, 0.05) is 37.0 Å². The lowest BCUT2D eigenvalue weighted by Crippen LogP contribution is -2.23. The van der Waals surface area contributed by atoms with Crippen LogP contribution >= 0.6 is 0 Å². The maximum atomic E-state index is 10.6. The van der Waals surface area contributed by atoms with Gasteiger partial charge in [-0.05, 0) is 43.3 Å². The van der Waals surface area contributed by atoms with E-state index in [1.54, 1.807) is 12.1 Å². The van der Waals surface area contributed by atoms with Crippen molar-refractivity contribution in [1.29, 1.82) is 5.26 Å². The highest BCUT2D eigenvalue weighted by Crippen LogP contribution is 2.23. The lowest BCUT2D eigenvalue weighted by molar-refractivity contribution is -0.384. The number of carbonyl (C=O) groups is 1. The molecule has 0 aliphatic heterocycles. The van der Waals surface area contributed by atoms with E-state index in [9.17, 15) is 14.9 Å². The quantitative estimate of drug-likeness (QED) is 0.289. The van der Waals surface area contributed by atoms with Crippen molar-refractivity contribution in [3.8, 4) is 6.07 Å². The highest BCUT2D eigenvalue weighted by atomic mass is 16.6. The number of carboxylic acids is 1. The van der Waals surface area contributed by atoms with E-state index in [0.29, 0.717) is 24.3 Å². The highest BCUT2D eigenvalue weighted by molar-refractivity contribution is 5.78. The van der Waals surface area contributed by atoms with Crippen LogP contribution in [0.3, 0.4) is 0 Å². The van der Waals surface area contributed by atoms with E-state index in [1.807, 2.05) is 31.2 Å². The zero-order valence-corrected chi connectivity index (χ0v) is 15.9. The molecule has 0 amide bonds. The van der Waals surface area contributed by atoms with Crippen LogP contribution in [-0.4, -0.2) is 29.1 Å². The Kier molecular flexibility index (Phi) is 9.79. The molecule has 0 aliphatic rings. The number of anilines is 1. The Morgan fingerprint density at radius 3 is 2.07 bits per heavy atom. The van der Waals surface area contributed by atoms with Gasteiger partial charge in [-0.3, -0.25) is 10.1 Å². The Hall–Kier alpha value is -4.06. The van der Waals surface area contributed by atoms with Gasteiger partial charge in [-0.1, -0.05) is 6.58 Å². The molecule has 9 nitrogen and oxygen atoms in total. The summed E-state index contributed by atoms with van der Waals surface area (Å²) in [5.41, 5.74) is 2.29. The van der Waals surface area contributed by atoms with Gasteiger partial charge in [-0.2, -0.15) is 15.5 Å². The summed E-state index contributed by atoms with van der Waals surface area (Å²) in [5.74, 6) is -0.981. The molecule has 0 heterocycles. The van der Waals surface area contributed by atoms with Gasteiger partial charge in [-0.25, -0.2) is 4.79 Å². The summed E-state index contributed by atoms with van der Waals surface area (Å²) in [4.78, 5) is 21.5. The standard InChI is InChI=1S/C17H17N5O2.C3H4O2/c1-2-21(13-3-12-18)16-8-4-14(5-9-16)19-20-15-6-10-17(11-7-15)22(23)24;1-2-3(4)5/h4-11H,2-3,13H2,1H3;2H,1H2,(H,4,5)/b20-19+;. The van der Waals surface area contributed by atoms with Crippen LogP contribution < -0.4 is 4.90 Å². The molecule has 0 aromatic heterocycles. The fourth-order valence-electron chi connectivity index (χ4n) is 2.14. The molecule has 0 unspecified atom stereocenters. The van der Waals surface area contributed by atoms with Gasteiger partial charge < -0.3 is 10.0 Å². The predicted octanol–water partition coefficient (Wildman–Crippen LogP) is 5.01. The van der Waals surface area contributed by atoms with Gasteiger partial charge in [0.2, 0.25) is 0 Å². The fraction of sp³-hybridized carbons (Fsp3) is 0.200. The SMILES string of the molecule is C=CC(=O)O.CCN(CCC#N)c1ccc(/N=N/c2ccc([N+](=O)[O-])cc2)cc1. The van der Waals surface area contributed by atoms with Gasteiger partial charge in [0.05, 0.1) is 28.8 Å². The van der Waals surface area contributed by atoms with Crippen LogP contribution in [0, 0.1) is 21.4 Å². The van der Waals surface area contributed by atoms with Crippen LogP contribution in [0.4, 0.5) is 22.7 Å². The molecule has 0 atom stereocenters.